The van der Waals surface area contributed by atoms with Crippen molar-refractivity contribution in [1.29, 1.82) is 0 Å². The quantitative estimate of drug-likeness (QED) is 0.175. The Kier molecular flexibility index (Phi) is 6.31. The summed E-state index contributed by atoms with van der Waals surface area (Å²) in [5, 5.41) is 6.77. The number of aromatic nitrogens is 3. The van der Waals surface area contributed by atoms with Gasteiger partial charge in [-0.25, -0.2) is 15.0 Å². The summed E-state index contributed by atoms with van der Waals surface area (Å²) in [6.45, 7) is 4.60. The summed E-state index contributed by atoms with van der Waals surface area (Å²) in [6.07, 6.45) is 1.99. The zero-order valence-electron chi connectivity index (χ0n) is 27.9. The summed E-state index contributed by atoms with van der Waals surface area (Å²) in [4.78, 5) is 15.6. The fourth-order valence-corrected chi connectivity index (χ4v) is 8.60. The summed E-state index contributed by atoms with van der Waals surface area (Å²) >= 11 is 0. The topological polar surface area (TPSA) is 51.8 Å². The average Bonchev–Trinajstić information content (AvgIpc) is 3.71. The molecule has 2 aromatic heterocycles. The molecule has 1 aliphatic rings. The van der Waals surface area contributed by atoms with Crippen molar-refractivity contribution in [3.8, 4) is 45.3 Å². The van der Waals surface area contributed by atoms with Crippen LogP contribution in [0.25, 0.3) is 88.8 Å². The number of hydrogen-bond donors (Lipinski definition) is 0. The maximum absolute atomic E-state index is 6.91. The average molecular weight is 644 g/mol. The predicted octanol–water partition coefficient (Wildman–Crippen LogP) is 12.2. The van der Waals surface area contributed by atoms with Crippen molar-refractivity contribution in [3.05, 3.63) is 151 Å². The van der Waals surface area contributed by atoms with Crippen LogP contribution in [0.5, 0.6) is 0 Å². The van der Waals surface area contributed by atoms with Gasteiger partial charge < -0.3 is 4.42 Å². The molecule has 1 aliphatic carbocycles. The van der Waals surface area contributed by atoms with Crippen molar-refractivity contribution in [1.82, 2.24) is 15.0 Å². The normalized spacial score (nSPS) is 13.3. The molecule has 0 spiro atoms. The molecule has 50 heavy (non-hydrogen) atoms. The minimum absolute atomic E-state index is 0.114. The Morgan fingerprint density at radius 1 is 0.500 bits per heavy atom. The molecule has 0 amide bonds. The lowest BCUT2D eigenvalue weighted by molar-refractivity contribution is 0.486. The van der Waals surface area contributed by atoms with E-state index in [0.717, 1.165) is 62.2 Å². The van der Waals surface area contributed by atoms with Gasteiger partial charge in [-0.1, -0.05) is 135 Å². The highest BCUT2D eigenvalue weighted by Gasteiger charge is 2.43. The Balaban J connectivity index is 1.26. The SMILES string of the molecule is CCC1(CC)c2ccccc2-c2ccc3c(oc4cccc(-c5nc(-c6ccccc6)nc(-c6cc7ccccc7c7ccccc67)n5)c43)c21. The largest absolute Gasteiger partial charge is 0.456 e. The van der Waals surface area contributed by atoms with Gasteiger partial charge >= 0.3 is 0 Å². The Labute approximate surface area is 290 Å². The number of benzene rings is 7. The van der Waals surface area contributed by atoms with Crippen molar-refractivity contribution in [2.75, 3.05) is 0 Å². The van der Waals surface area contributed by atoms with Crippen molar-refractivity contribution in [2.24, 2.45) is 0 Å². The lowest BCUT2D eigenvalue weighted by Crippen LogP contribution is -2.23. The Bertz CT molecular complexity index is 2790. The van der Waals surface area contributed by atoms with Gasteiger partial charge in [0, 0.05) is 38.4 Å². The second-order valence-corrected chi connectivity index (χ2v) is 13.3. The third-order valence-corrected chi connectivity index (χ3v) is 11.0. The molecule has 0 N–H and O–H groups in total. The van der Waals surface area contributed by atoms with Crippen LogP contribution in [0, 0.1) is 0 Å². The van der Waals surface area contributed by atoms with E-state index in [-0.39, 0.29) is 5.41 Å². The monoisotopic (exact) mass is 643 g/mol. The smallest absolute Gasteiger partial charge is 0.164 e. The van der Waals surface area contributed by atoms with Crippen molar-refractivity contribution < 1.29 is 4.42 Å². The van der Waals surface area contributed by atoms with E-state index in [1.54, 1.807) is 0 Å². The van der Waals surface area contributed by atoms with E-state index in [4.69, 9.17) is 19.4 Å². The van der Waals surface area contributed by atoms with Crippen LogP contribution >= 0.6 is 0 Å². The van der Waals surface area contributed by atoms with E-state index in [1.165, 1.54) is 33.0 Å². The molecule has 0 fully saturated rings. The van der Waals surface area contributed by atoms with Crippen LogP contribution in [0.4, 0.5) is 0 Å². The summed E-state index contributed by atoms with van der Waals surface area (Å²) in [5.41, 5.74) is 9.82. The molecule has 0 aliphatic heterocycles. The zero-order valence-corrected chi connectivity index (χ0v) is 27.9. The highest BCUT2D eigenvalue weighted by molar-refractivity contribution is 6.15. The van der Waals surface area contributed by atoms with Crippen LogP contribution < -0.4 is 0 Å². The van der Waals surface area contributed by atoms with Gasteiger partial charge in [-0.15, -0.1) is 0 Å². The van der Waals surface area contributed by atoms with E-state index < -0.39 is 0 Å². The van der Waals surface area contributed by atoms with E-state index >= 15 is 0 Å². The molecule has 9 aromatic rings. The third-order valence-electron chi connectivity index (χ3n) is 11.0. The highest BCUT2D eigenvalue weighted by atomic mass is 16.3. The summed E-state index contributed by atoms with van der Waals surface area (Å²) in [6, 6.07) is 49.1. The van der Waals surface area contributed by atoms with Gasteiger partial charge in [0.15, 0.2) is 17.5 Å². The second-order valence-electron chi connectivity index (χ2n) is 13.3. The summed E-state index contributed by atoms with van der Waals surface area (Å²) in [7, 11) is 0. The van der Waals surface area contributed by atoms with E-state index in [2.05, 4.69) is 135 Å². The van der Waals surface area contributed by atoms with Crippen LogP contribution in [0.15, 0.2) is 144 Å². The fraction of sp³-hybridized carbons (Fsp3) is 0.109. The number of nitrogens with zero attached hydrogens (tertiary/aromatic N) is 3. The standard InChI is InChI=1S/C46H33N3O/c1-3-46(4-2)38-23-13-12-21-33(38)34-25-26-35-40-36(22-14-24-39(40)50-42(35)41(34)46)44-47-43(28-15-6-5-7-16-28)48-45(49-44)37-27-29-17-8-9-18-30(29)31-19-10-11-20-32(31)37/h5-27H,3-4H2,1-2H3. The highest BCUT2D eigenvalue weighted by Crippen LogP contribution is 2.56. The molecular weight excluding hydrogens is 611 g/mol. The molecule has 0 atom stereocenters. The molecular formula is C46H33N3O. The molecule has 0 unspecified atom stereocenters. The van der Waals surface area contributed by atoms with Crippen LogP contribution in [-0.2, 0) is 5.41 Å². The molecule has 4 nitrogen and oxygen atoms in total. The molecule has 0 saturated carbocycles. The van der Waals surface area contributed by atoms with E-state index in [0.29, 0.717) is 17.5 Å². The first-order valence-corrected chi connectivity index (χ1v) is 17.5. The first-order valence-electron chi connectivity index (χ1n) is 17.5. The first-order chi connectivity index (χ1) is 24.7. The van der Waals surface area contributed by atoms with Gasteiger partial charge in [-0.05, 0) is 69.3 Å². The van der Waals surface area contributed by atoms with Crippen LogP contribution in [-0.4, -0.2) is 15.0 Å². The summed E-state index contributed by atoms with van der Waals surface area (Å²) < 4.78 is 6.91. The molecule has 7 aromatic carbocycles. The van der Waals surface area contributed by atoms with E-state index in [9.17, 15) is 0 Å². The van der Waals surface area contributed by atoms with Crippen molar-refractivity contribution in [3.63, 3.8) is 0 Å². The molecule has 10 rings (SSSR count). The minimum Gasteiger partial charge on any atom is -0.456 e. The van der Waals surface area contributed by atoms with E-state index in [1.807, 2.05) is 18.2 Å². The number of rotatable bonds is 5. The lowest BCUT2D eigenvalue weighted by atomic mass is 9.73. The Morgan fingerprint density at radius 3 is 1.98 bits per heavy atom. The van der Waals surface area contributed by atoms with Gasteiger partial charge in [-0.2, -0.15) is 0 Å². The van der Waals surface area contributed by atoms with Crippen LogP contribution in [0.1, 0.15) is 37.8 Å². The van der Waals surface area contributed by atoms with Gasteiger partial charge in [0.1, 0.15) is 11.2 Å². The molecule has 4 heteroatoms. The van der Waals surface area contributed by atoms with Crippen LogP contribution in [0.3, 0.4) is 0 Å². The fourth-order valence-electron chi connectivity index (χ4n) is 8.60. The Morgan fingerprint density at radius 2 is 1.16 bits per heavy atom. The van der Waals surface area contributed by atoms with Gasteiger partial charge in [-0.3, -0.25) is 0 Å². The number of fused-ring (bicyclic) bond motifs is 10. The zero-order chi connectivity index (χ0) is 33.4. The lowest BCUT2D eigenvalue weighted by Gasteiger charge is -2.29. The molecule has 0 saturated heterocycles. The number of hydrogen-bond acceptors (Lipinski definition) is 4. The maximum Gasteiger partial charge on any atom is 0.164 e. The second kappa shape index (κ2) is 10.9. The molecule has 238 valence electrons. The van der Waals surface area contributed by atoms with Gasteiger partial charge in [0.25, 0.3) is 0 Å². The summed E-state index contributed by atoms with van der Waals surface area (Å²) in [5.74, 6) is 1.91. The van der Waals surface area contributed by atoms with Crippen molar-refractivity contribution in [2.45, 2.75) is 32.1 Å². The van der Waals surface area contributed by atoms with Gasteiger partial charge in [0.05, 0.1) is 0 Å². The molecule has 0 bridgehead atoms. The van der Waals surface area contributed by atoms with Crippen LogP contribution in [0.2, 0.25) is 0 Å². The minimum atomic E-state index is -0.114. The third kappa shape index (κ3) is 4.02. The molecule has 2 heterocycles. The Hall–Kier alpha value is -6.13. The van der Waals surface area contributed by atoms with Gasteiger partial charge in [0.2, 0.25) is 0 Å². The molecule has 0 radical (unpaired) electrons. The first kappa shape index (κ1) is 28.8. The van der Waals surface area contributed by atoms with Crippen molar-refractivity contribution >= 4 is 43.5 Å². The maximum atomic E-state index is 6.91. The predicted molar refractivity (Wildman–Crippen MR) is 205 cm³/mol. The number of furan rings is 1.